The quantitative estimate of drug-likeness (QED) is 0.711. The van der Waals surface area contributed by atoms with Crippen LogP contribution in [0.1, 0.15) is 18.5 Å². The molecule has 0 heterocycles. The smallest absolute Gasteiger partial charge is 0.316 e. The van der Waals surface area contributed by atoms with Crippen molar-refractivity contribution in [2.45, 2.75) is 13.0 Å². The van der Waals surface area contributed by atoms with Crippen LogP contribution in [-0.4, -0.2) is 18.5 Å². The highest BCUT2D eigenvalue weighted by Crippen LogP contribution is 2.27. The van der Waals surface area contributed by atoms with Gasteiger partial charge in [-0.1, -0.05) is 35.3 Å². The Kier molecular flexibility index (Phi) is 6.50. The van der Waals surface area contributed by atoms with Crippen LogP contribution in [0.15, 0.2) is 42.5 Å². The van der Waals surface area contributed by atoms with Crippen molar-refractivity contribution in [2.75, 3.05) is 11.9 Å². The van der Waals surface area contributed by atoms with Crippen molar-refractivity contribution in [1.82, 2.24) is 5.32 Å². The molecule has 1 atom stereocenters. The molecular weight excluding hydrogens is 365 g/mol. The first-order chi connectivity index (χ1) is 11.8. The lowest BCUT2D eigenvalue weighted by atomic mass is 10.1. The SMILES string of the molecule is CC(NC(=O)COc1cc(Cl)ccc1Cl)c1ccc(NC(N)=O)cc1. The second-order valence-electron chi connectivity index (χ2n) is 5.26. The molecule has 0 aliphatic carbocycles. The van der Waals surface area contributed by atoms with Crippen molar-refractivity contribution in [2.24, 2.45) is 5.73 Å². The van der Waals surface area contributed by atoms with Gasteiger partial charge in [-0.3, -0.25) is 4.79 Å². The molecule has 0 radical (unpaired) electrons. The monoisotopic (exact) mass is 381 g/mol. The predicted molar refractivity (Wildman–Crippen MR) is 98.2 cm³/mol. The number of anilines is 1. The second-order valence-corrected chi connectivity index (χ2v) is 6.11. The maximum absolute atomic E-state index is 12.0. The Morgan fingerprint density at radius 3 is 2.48 bits per heavy atom. The van der Waals surface area contributed by atoms with E-state index >= 15 is 0 Å². The van der Waals surface area contributed by atoms with E-state index in [2.05, 4.69) is 10.6 Å². The average molecular weight is 382 g/mol. The molecule has 0 spiro atoms. The lowest BCUT2D eigenvalue weighted by Gasteiger charge is -2.15. The molecule has 2 aromatic carbocycles. The van der Waals surface area contributed by atoms with Crippen LogP contribution in [0.25, 0.3) is 0 Å². The normalized spacial score (nSPS) is 11.5. The molecule has 6 nitrogen and oxygen atoms in total. The zero-order valence-corrected chi connectivity index (χ0v) is 14.9. The van der Waals surface area contributed by atoms with Crippen LogP contribution >= 0.6 is 23.2 Å². The lowest BCUT2D eigenvalue weighted by Crippen LogP contribution is -2.31. The van der Waals surface area contributed by atoms with Crippen LogP contribution in [0.3, 0.4) is 0 Å². The predicted octanol–water partition coefficient (Wildman–Crippen LogP) is 3.74. The molecule has 25 heavy (non-hydrogen) atoms. The minimum absolute atomic E-state index is 0.189. The van der Waals surface area contributed by atoms with Crippen LogP contribution in [-0.2, 0) is 4.79 Å². The molecule has 0 aromatic heterocycles. The number of nitrogens with one attached hydrogen (secondary N) is 2. The topological polar surface area (TPSA) is 93.4 Å². The van der Waals surface area contributed by atoms with Gasteiger partial charge in [0, 0.05) is 16.8 Å². The van der Waals surface area contributed by atoms with Crippen LogP contribution in [0.2, 0.25) is 10.0 Å². The summed E-state index contributed by atoms with van der Waals surface area (Å²) >= 11 is 11.8. The van der Waals surface area contributed by atoms with Gasteiger partial charge in [0.15, 0.2) is 6.61 Å². The summed E-state index contributed by atoms with van der Waals surface area (Å²) in [5.41, 5.74) is 6.49. The number of carbonyl (C=O) groups excluding carboxylic acids is 2. The Bertz CT molecular complexity index is 766. The van der Waals surface area contributed by atoms with E-state index in [1.807, 2.05) is 6.92 Å². The minimum Gasteiger partial charge on any atom is -0.482 e. The van der Waals surface area contributed by atoms with E-state index < -0.39 is 6.03 Å². The zero-order valence-electron chi connectivity index (χ0n) is 13.4. The van der Waals surface area contributed by atoms with Crippen LogP contribution in [0, 0.1) is 0 Å². The van der Waals surface area contributed by atoms with Gasteiger partial charge >= 0.3 is 6.03 Å². The number of ether oxygens (including phenoxy) is 1. The maximum atomic E-state index is 12.0. The molecule has 4 N–H and O–H groups in total. The van der Waals surface area contributed by atoms with Crippen molar-refractivity contribution >= 4 is 40.8 Å². The van der Waals surface area contributed by atoms with E-state index in [0.29, 0.717) is 21.5 Å². The Labute approximate surface area is 155 Å². The first-order valence-corrected chi connectivity index (χ1v) is 8.14. The molecule has 0 saturated heterocycles. The summed E-state index contributed by atoms with van der Waals surface area (Å²) in [5, 5.41) is 6.12. The lowest BCUT2D eigenvalue weighted by molar-refractivity contribution is -0.123. The number of carbonyl (C=O) groups is 2. The fraction of sp³-hybridized carbons (Fsp3) is 0.176. The molecule has 1 unspecified atom stereocenters. The molecule has 2 aromatic rings. The number of halogens is 2. The van der Waals surface area contributed by atoms with E-state index in [1.165, 1.54) is 0 Å². The second kappa shape index (κ2) is 8.60. The molecule has 0 aliphatic heterocycles. The molecular formula is C17H17Cl2N3O3. The van der Waals surface area contributed by atoms with Crippen molar-refractivity contribution < 1.29 is 14.3 Å². The molecule has 0 bridgehead atoms. The van der Waals surface area contributed by atoms with Gasteiger partial charge < -0.3 is 21.1 Å². The van der Waals surface area contributed by atoms with Crippen molar-refractivity contribution in [3.05, 3.63) is 58.1 Å². The summed E-state index contributed by atoms with van der Waals surface area (Å²) in [4.78, 5) is 22.8. The number of hydrogen-bond donors (Lipinski definition) is 3. The van der Waals surface area contributed by atoms with E-state index in [4.69, 9.17) is 33.7 Å². The Morgan fingerprint density at radius 2 is 1.84 bits per heavy atom. The summed E-state index contributed by atoms with van der Waals surface area (Å²) in [5.74, 6) is 0.0433. The van der Waals surface area contributed by atoms with E-state index in [1.54, 1.807) is 42.5 Å². The van der Waals surface area contributed by atoms with E-state index in [9.17, 15) is 9.59 Å². The fourth-order valence-electron chi connectivity index (χ4n) is 2.09. The maximum Gasteiger partial charge on any atom is 0.316 e. The standard InChI is InChI=1S/C17H17Cl2N3O3/c1-10(11-2-5-13(6-3-11)22-17(20)24)21-16(23)9-25-15-8-12(18)4-7-14(15)19/h2-8,10H,9H2,1H3,(H,21,23)(H3,20,22,24). The van der Waals surface area contributed by atoms with Gasteiger partial charge in [0.25, 0.3) is 5.91 Å². The number of rotatable bonds is 6. The van der Waals surface area contributed by atoms with Crippen LogP contribution in [0.4, 0.5) is 10.5 Å². The number of nitrogens with two attached hydrogens (primary N) is 1. The third-order valence-corrected chi connectivity index (χ3v) is 3.86. The van der Waals surface area contributed by atoms with Gasteiger partial charge in [-0.15, -0.1) is 0 Å². The number of amides is 3. The van der Waals surface area contributed by atoms with Gasteiger partial charge in [-0.2, -0.15) is 0 Å². The largest absolute Gasteiger partial charge is 0.482 e. The summed E-state index contributed by atoms with van der Waals surface area (Å²) in [6, 6.07) is 10.9. The molecule has 3 amide bonds. The van der Waals surface area contributed by atoms with Crippen molar-refractivity contribution in [3.63, 3.8) is 0 Å². The fourth-order valence-corrected chi connectivity index (χ4v) is 2.43. The van der Waals surface area contributed by atoms with Crippen molar-refractivity contribution in [1.29, 1.82) is 0 Å². The van der Waals surface area contributed by atoms with E-state index in [0.717, 1.165) is 5.56 Å². The third kappa shape index (κ3) is 5.85. The van der Waals surface area contributed by atoms with Gasteiger partial charge in [-0.05, 0) is 36.8 Å². The summed E-state index contributed by atoms with van der Waals surface area (Å²) in [7, 11) is 0. The highest BCUT2D eigenvalue weighted by atomic mass is 35.5. The number of benzene rings is 2. The Balaban J connectivity index is 1.89. The summed E-state index contributed by atoms with van der Waals surface area (Å²) in [6.45, 7) is 1.65. The third-order valence-electron chi connectivity index (χ3n) is 3.31. The molecule has 2 rings (SSSR count). The molecule has 0 saturated carbocycles. The molecule has 0 fully saturated rings. The van der Waals surface area contributed by atoms with Gasteiger partial charge in [0.05, 0.1) is 11.1 Å². The van der Waals surface area contributed by atoms with E-state index in [-0.39, 0.29) is 18.6 Å². The van der Waals surface area contributed by atoms with Crippen molar-refractivity contribution in [3.8, 4) is 5.75 Å². The average Bonchev–Trinajstić information content (AvgIpc) is 2.55. The zero-order chi connectivity index (χ0) is 18.4. The van der Waals surface area contributed by atoms with Gasteiger partial charge in [-0.25, -0.2) is 4.79 Å². The molecule has 132 valence electrons. The highest BCUT2D eigenvalue weighted by Gasteiger charge is 2.11. The molecule has 0 aliphatic rings. The van der Waals surface area contributed by atoms with Gasteiger partial charge in [0.1, 0.15) is 5.75 Å². The number of hydrogen-bond acceptors (Lipinski definition) is 3. The van der Waals surface area contributed by atoms with Gasteiger partial charge in [0.2, 0.25) is 0 Å². The first-order valence-electron chi connectivity index (χ1n) is 7.39. The van der Waals surface area contributed by atoms with Crippen LogP contribution in [0.5, 0.6) is 5.75 Å². The van der Waals surface area contributed by atoms with Crippen LogP contribution < -0.4 is 21.1 Å². The number of urea groups is 1. The molecule has 8 heteroatoms. The Morgan fingerprint density at radius 1 is 1.16 bits per heavy atom. The summed E-state index contributed by atoms with van der Waals surface area (Å²) in [6.07, 6.45) is 0. The Hall–Kier alpha value is -2.44. The number of primary amides is 1. The first kappa shape index (κ1) is 18.9. The summed E-state index contributed by atoms with van der Waals surface area (Å²) < 4.78 is 5.39. The highest BCUT2D eigenvalue weighted by molar-refractivity contribution is 6.34. The minimum atomic E-state index is -0.633.